The minimum absolute atomic E-state index is 0.0652. The van der Waals surface area contributed by atoms with Crippen LogP contribution in [0.1, 0.15) is 26.2 Å². The largest absolute Gasteiger partial charge is 0.324 e. The minimum atomic E-state index is -0.611. The number of nitro benzene ring substituents is 1. The fourth-order valence-corrected chi connectivity index (χ4v) is 2.64. The number of nitrogens with zero attached hydrogens (tertiary/aromatic N) is 1. The van der Waals surface area contributed by atoms with E-state index in [2.05, 4.69) is 26.6 Å². The summed E-state index contributed by atoms with van der Waals surface area (Å²) in [6.07, 6.45) is 2.82. The topological polar surface area (TPSA) is 84.3 Å². The van der Waals surface area contributed by atoms with Crippen molar-refractivity contribution in [1.82, 2.24) is 5.32 Å². The Morgan fingerprint density at radius 2 is 2.25 bits per heavy atom. The SMILES string of the molecule is CC1(C(=O)Nc2ccc(Br)c([N+](=O)[O-])c2)CCCCN1. The Bertz CT molecular complexity index is 542. The van der Waals surface area contributed by atoms with Gasteiger partial charge in [0.1, 0.15) is 0 Å². The molecule has 1 aromatic carbocycles. The summed E-state index contributed by atoms with van der Waals surface area (Å²) in [4.78, 5) is 22.7. The lowest BCUT2D eigenvalue weighted by molar-refractivity contribution is -0.385. The Kier molecular flexibility index (Phi) is 4.39. The summed E-state index contributed by atoms with van der Waals surface area (Å²) in [5, 5.41) is 16.8. The van der Waals surface area contributed by atoms with Gasteiger partial charge in [-0.2, -0.15) is 0 Å². The van der Waals surface area contributed by atoms with Crippen LogP contribution in [0.3, 0.4) is 0 Å². The first kappa shape index (κ1) is 14.9. The van der Waals surface area contributed by atoms with Crippen molar-refractivity contribution in [2.45, 2.75) is 31.7 Å². The van der Waals surface area contributed by atoms with Gasteiger partial charge in [0.2, 0.25) is 5.91 Å². The number of amides is 1. The summed E-state index contributed by atoms with van der Waals surface area (Å²) < 4.78 is 0.391. The van der Waals surface area contributed by atoms with Crippen LogP contribution in [0.4, 0.5) is 11.4 Å². The zero-order chi connectivity index (χ0) is 14.8. The molecular weight excluding hydrogens is 326 g/mol. The molecular formula is C13H16BrN3O3. The van der Waals surface area contributed by atoms with Crippen LogP contribution in [0.25, 0.3) is 0 Å². The van der Waals surface area contributed by atoms with Gasteiger partial charge >= 0.3 is 0 Å². The summed E-state index contributed by atoms with van der Waals surface area (Å²) in [7, 11) is 0. The first-order valence-electron chi connectivity index (χ1n) is 6.43. The fourth-order valence-electron chi connectivity index (χ4n) is 2.25. The molecule has 1 heterocycles. The van der Waals surface area contributed by atoms with Crippen molar-refractivity contribution in [3.63, 3.8) is 0 Å². The van der Waals surface area contributed by atoms with Crippen LogP contribution in [0.5, 0.6) is 0 Å². The van der Waals surface area contributed by atoms with E-state index in [0.29, 0.717) is 10.2 Å². The Labute approximate surface area is 125 Å². The molecule has 20 heavy (non-hydrogen) atoms. The number of carbonyl (C=O) groups is 1. The van der Waals surface area contributed by atoms with Crippen LogP contribution in [0.15, 0.2) is 22.7 Å². The zero-order valence-electron chi connectivity index (χ0n) is 11.1. The lowest BCUT2D eigenvalue weighted by atomic mass is 9.90. The summed E-state index contributed by atoms with van der Waals surface area (Å²) in [5.74, 6) is -0.158. The number of halogens is 1. The van der Waals surface area contributed by atoms with Gasteiger partial charge in [-0.3, -0.25) is 14.9 Å². The summed E-state index contributed by atoms with van der Waals surface area (Å²) >= 11 is 3.12. The Morgan fingerprint density at radius 3 is 2.85 bits per heavy atom. The first-order chi connectivity index (χ1) is 9.42. The lowest BCUT2D eigenvalue weighted by Crippen LogP contribution is -2.54. The molecule has 1 aliphatic heterocycles. The second-order valence-electron chi connectivity index (χ2n) is 5.09. The molecule has 1 saturated heterocycles. The number of carbonyl (C=O) groups excluding carboxylic acids is 1. The summed E-state index contributed by atoms with van der Waals surface area (Å²) in [6, 6.07) is 4.56. The molecule has 0 aromatic heterocycles. The van der Waals surface area contributed by atoms with Crippen LogP contribution in [-0.2, 0) is 4.79 Å². The van der Waals surface area contributed by atoms with Crippen LogP contribution in [-0.4, -0.2) is 22.9 Å². The number of hydrogen-bond acceptors (Lipinski definition) is 4. The van der Waals surface area contributed by atoms with Crippen LogP contribution >= 0.6 is 15.9 Å². The van der Waals surface area contributed by atoms with Crippen molar-refractivity contribution < 1.29 is 9.72 Å². The Balaban J connectivity index is 2.15. The second-order valence-corrected chi connectivity index (χ2v) is 5.95. The molecule has 6 nitrogen and oxygen atoms in total. The molecule has 1 unspecified atom stereocenters. The van der Waals surface area contributed by atoms with E-state index in [4.69, 9.17) is 0 Å². The summed E-state index contributed by atoms with van der Waals surface area (Å²) in [5.41, 5.74) is -0.247. The standard InChI is InChI=1S/C13H16BrN3O3/c1-13(6-2-3-7-15-13)12(18)16-9-4-5-10(14)11(8-9)17(19)20/h4-5,8,15H,2-3,6-7H2,1H3,(H,16,18). The van der Waals surface area contributed by atoms with Crippen molar-refractivity contribution >= 4 is 33.2 Å². The number of rotatable bonds is 3. The number of nitro groups is 1. The van der Waals surface area contributed by atoms with E-state index in [1.54, 1.807) is 12.1 Å². The van der Waals surface area contributed by atoms with Crippen LogP contribution in [0.2, 0.25) is 0 Å². The molecule has 0 saturated carbocycles. The minimum Gasteiger partial charge on any atom is -0.324 e. The molecule has 2 rings (SSSR count). The second kappa shape index (κ2) is 5.88. The van der Waals surface area contributed by atoms with Crippen molar-refractivity contribution in [3.8, 4) is 0 Å². The van der Waals surface area contributed by atoms with Crippen LogP contribution < -0.4 is 10.6 Å². The van der Waals surface area contributed by atoms with Crippen molar-refractivity contribution in [3.05, 3.63) is 32.8 Å². The number of hydrogen-bond donors (Lipinski definition) is 2. The van der Waals surface area contributed by atoms with Gasteiger partial charge in [0.25, 0.3) is 5.69 Å². The predicted octanol–water partition coefficient (Wildman–Crippen LogP) is 2.83. The van der Waals surface area contributed by atoms with Gasteiger partial charge in [0, 0.05) is 11.8 Å². The highest BCUT2D eigenvalue weighted by molar-refractivity contribution is 9.10. The molecule has 0 aliphatic carbocycles. The van der Waals surface area contributed by atoms with Gasteiger partial charge in [-0.1, -0.05) is 0 Å². The van der Waals surface area contributed by atoms with E-state index in [1.165, 1.54) is 6.07 Å². The maximum absolute atomic E-state index is 12.3. The van der Waals surface area contributed by atoms with E-state index in [1.807, 2.05) is 6.92 Å². The lowest BCUT2D eigenvalue weighted by Gasteiger charge is -2.33. The van der Waals surface area contributed by atoms with Gasteiger partial charge in [-0.25, -0.2) is 0 Å². The normalized spacial score (nSPS) is 22.3. The molecule has 2 N–H and O–H groups in total. The fraction of sp³-hybridized carbons (Fsp3) is 0.462. The molecule has 0 radical (unpaired) electrons. The Hall–Kier alpha value is -1.47. The van der Waals surface area contributed by atoms with E-state index < -0.39 is 10.5 Å². The number of anilines is 1. The van der Waals surface area contributed by atoms with Gasteiger partial charge in [-0.05, 0) is 60.8 Å². The maximum atomic E-state index is 12.3. The summed E-state index contributed by atoms with van der Waals surface area (Å²) in [6.45, 7) is 2.67. The van der Waals surface area contributed by atoms with Crippen molar-refractivity contribution in [1.29, 1.82) is 0 Å². The monoisotopic (exact) mass is 341 g/mol. The quantitative estimate of drug-likeness (QED) is 0.653. The van der Waals surface area contributed by atoms with Crippen molar-refractivity contribution in [2.24, 2.45) is 0 Å². The molecule has 1 aromatic rings. The third kappa shape index (κ3) is 3.16. The molecule has 1 atom stereocenters. The first-order valence-corrected chi connectivity index (χ1v) is 7.22. The molecule has 0 spiro atoms. The van der Waals surface area contributed by atoms with Gasteiger partial charge in [0.15, 0.2) is 0 Å². The third-order valence-electron chi connectivity index (χ3n) is 3.52. The van der Waals surface area contributed by atoms with E-state index >= 15 is 0 Å². The van der Waals surface area contributed by atoms with Gasteiger partial charge < -0.3 is 10.6 Å². The average molecular weight is 342 g/mol. The highest BCUT2D eigenvalue weighted by Gasteiger charge is 2.34. The highest BCUT2D eigenvalue weighted by atomic mass is 79.9. The molecule has 0 bridgehead atoms. The Morgan fingerprint density at radius 1 is 1.50 bits per heavy atom. The number of nitrogens with one attached hydrogen (secondary N) is 2. The zero-order valence-corrected chi connectivity index (χ0v) is 12.7. The molecule has 1 amide bonds. The van der Waals surface area contributed by atoms with E-state index in [0.717, 1.165) is 25.8 Å². The molecule has 108 valence electrons. The van der Waals surface area contributed by atoms with Crippen LogP contribution in [0, 0.1) is 10.1 Å². The smallest absolute Gasteiger partial charge is 0.285 e. The molecule has 7 heteroatoms. The van der Waals surface area contributed by atoms with Gasteiger partial charge in [-0.15, -0.1) is 0 Å². The molecule has 1 aliphatic rings. The molecule has 1 fully saturated rings. The predicted molar refractivity (Wildman–Crippen MR) is 79.7 cm³/mol. The third-order valence-corrected chi connectivity index (χ3v) is 4.19. The number of piperidine rings is 1. The van der Waals surface area contributed by atoms with E-state index in [9.17, 15) is 14.9 Å². The van der Waals surface area contributed by atoms with Crippen molar-refractivity contribution in [2.75, 3.05) is 11.9 Å². The number of benzene rings is 1. The maximum Gasteiger partial charge on any atom is 0.285 e. The average Bonchev–Trinajstić information content (AvgIpc) is 2.41. The van der Waals surface area contributed by atoms with E-state index in [-0.39, 0.29) is 11.6 Å². The van der Waals surface area contributed by atoms with Gasteiger partial charge in [0.05, 0.1) is 14.9 Å². The highest BCUT2D eigenvalue weighted by Crippen LogP contribution is 2.28.